The van der Waals surface area contributed by atoms with Gasteiger partial charge in [-0.15, -0.1) is 0 Å². The van der Waals surface area contributed by atoms with Crippen molar-refractivity contribution in [2.24, 2.45) is 11.1 Å². The number of hydrogen-bond acceptors (Lipinski definition) is 2. The van der Waals surface area contributed by atoms with E-state index in [9.17, 15) is 0 Å². The van der Waals surface area contributed by atoms with Gasteiger partial charge in [-0.05, 0) is 37.5 Å². The molecule has 1 aliphatic heterocycles. The summed E-state index contributed by atoms with van der Waals surface area (Å²) in [5, 5.41) is 0. The predicted molar refractivity (Wildman–Crippen MR) is 89.8 cm³/mol. The lowest BCUT2D eigenvalue weighted by Crippen LogP contribution is -2.48. The molecule has 0 aromatic carbocycles. The first kappa shape index (κ1) is 18.0. The minimum atomic E-state index is 0.291. The fraction of sp³-hybridized carbons (Fsp3) is 1.00. The van der Waals surface area contributed by atoms with Gasteiger partial charge in [0.2, 0.25) is 0 Å². The second-order valence-electron chi connectivity index (χ2n) is 6.93. The molecule has 0 aromatic rings. The molecule has 2 N–H and O–H groups in total. The maximum atomic E-state index is 6.21. The Kier molecular flexibility index (Phi) is 8.79. The maximum Gasteiger partial charge on any atom is 0.0569 e. The van der Waals surface area contributed by atoms with E-state index in [0.29, 0.717) is 11.6 Å². The van der Waals surface area contributed by atoms with Crippen LogP contribution in [0, 0.1) is 5.41 Å². The number of nitrogens with two attached hydrogens (primary N) is 1. The minimum absolute atomic E-state index is 0.291. The molecule has 20 heavy (non-hydrogen) atoms. The molecule has 0 amide bonds. The summed E-state index contributed by atoms with van der Waals surface area (Å²) in [6.07, 6.45) is 15.4. The van der Waals surface area contributed by atoms with Gasteiger partial charge in [-0.3, -0.25) is 4.90 Å². The van der Waals surface area contributed by atoms with Crippen molar-refractivity contribution in [1.82, 2.24) is 4.90 Å². The average Bonchev–Trinajstić information content (AvgIpc) is 2.48. The average molecular weight is 283 g/mol. The molecule has 1 atom stereocenters. The van der Waals surface area contributed by atoms with E-state index in [1.54, 1.807) is 0 Å². The second kappa shape index (κ2) is 9.78. The van der Waals surface area contributed by atoms with Crippen LogP contribution in [-0.2, 0) is 0 Å². The zero-order chi connectivity index (χ0) is 14.8. The highest BCUT2D eigenvalue weighted by atomic mass is 15.2. The van der Waals surface area contributed by atoms with Crippen molar-refractivity contribution < 1.29 is 0 Å². The zero-order valence-electron chi connectivity index (χ0n) is 14.3. The molecule has 1 unspecified atom stereocenters. The van der Waals surface area contributed by atoms with Crippen molar-refractivity contribution in [2.45, 2.75) is 97.6 Å². The van der Waals surface area contributed by atoms with Crippen LogP contribution < -0.4 is 5.73 Å². The van der Waals surface area contributed by atoms with Crippen LogP contribution in [0.2, 0.25) is 0 Å². The number of piperidine rings is 1. The molecule has 1 heterocycles. The Labute approximate surface area is 127 Å². The van der Waals surface area contributed by atoms with Crippen LogP contribution in [0.5, 0.6) is 0 Å². The van der Waals surface area contributed by atoms with Crippen molar-refractivity contribution in [3.8, 4) is 0 Å². The highest BCUT2D eigenvalue weighted by molar-refractivity contribution is 4.87. The number of unbranched alkanes of at least 4 members (excludes halogenated alkanes) is 4. The SMILES string of the molecule is CCCCCC1(CCCCC)CCN(C(N)CC)CC1. The monoisotopic (exact) mass is 282 g/mol. The van der Waals surface area contributed by atoms with E-state index in [2.05, 4.69) is 25.7 Å². The van der Waals surface area contributed by atoms with Crippen molar-refractivity contribution in [1.29, 1.82) is 0 Å². The molecule has 2 nitrogen and oxygen atoms in total. The third-order valence-corrected chi connectivity index (χ3v) is 5.37. The van der Waals surface area contributed by atoms with Crippen LogP contribution in [0.25, 0.3) is 0 Å². The standard InChI is InChI=1S/C18H38N2/c1-4-7-9-11-18(12-10-8-5-2)13-15-20(16-14-18)17(19)6-3/h17H,4-16,19H2,1-3H3. The Morgan fingerprint density at radius 2 is 1.40 bits per heavy atom. The first-order valence-electron chi connectivity index (χ1n) is 9.17. The molecule has 0 bridgehead atoms. The van der Waals surface area contributed by atoms with Gasteiger partial charge in [-0.2, -0.15) is 0 Å². The van der Waals surface area contributed by atoms with E-state index in [4.69, 9.17) is 5.73 Å². The lowest BCUT2D eigenvalue weighted by Gasteiger charge is -2.44. The maximum absolute atomic E-state index is 6.21. The summed E-state index contributed by atoms with van der Waals surface area (Å²) < 4.78 is 0. The highest BCUT2D eigenvalue weighted by Gasteiger charge is 2.34. The summed E-state index contributed by atoms with van der Waals surface area (Å²) in [5.41, 5.74) is 6.85. The first-order chi connectivity index (χ1) is 9.67. The van der Waals surface area contributed by atoms with Gasteiger partial charge < -0.3 is 5.73 Å². The van der Waals surface area contributed by atoms with Crippen molar-refractivity contribution in [2.75, 3.05) is 13.1 Å². The summed E-state index contributed by atoms with van der Waals surface area (Å²) >= 11 is 0. The molecule has 0 saturated carbocycles. The van der Waals surface area contributed by atoms with Gasteiger partial charge in [0.1, 0.15) is 0 Å². The number of nitrogens with zero attached hydrogens (tertiary/aromatic N) is 1. The van der Waals surface area contributed by atoms with E-state index in [1.807, 2.05) is 0 Å². The van der Waals surface area contributed by atoms with Crippen LogP contribution in [0.1, 0.15) is 91.4 Å². The van der Waals surface area contributed by atoms with Crippen LogP contribution in [0.4, 0.5) is 0 Å². The topological polar surface area (TPSA) is 29.3 Å². The van der Waals surface area contributed by atoms with Gasteiger partial charge in [0.05, 0.1) is 6.17 Å². The third kappa shape index (κ3) is 5.73. The Morgan fingerprint density at radius 1 is 0.900 bits per heavy atom. The molecule has 0 aromatic heterocycles. The third-order valence-electron chi connectivity index (χ3n) is 5.37. The Hall–Kier alpha value is -0.0800. The molecule has 1 fully saturated rings. The first-order valence-corrected chi connectivity index (χ1v) is 9.17. The van der Waals surface area contributed by atoms with Crippen molar-refractivity contribution >= 4 is 0 Å². The Bertz CT molecular complexity index is 220. The zero-order valence-corrected chi connectivity index (χ0v) is 14.3. The molecule has 0 spiro atoms. The fourth-order valence-corrected chi connectivity index (χ4v) is 3.71. The molecule has 1 rings (SSSR count). The lowest BCUT2D eigenvalue weighted by atomic mass is 9.71. The van der Waals surface area contributed by atoms with E-state index in [0.717, 1.165) is 6.42 Å². The number of likely N-dealkylation sites (tertiary alicyclic amines) is 1. The lowest BCUT2D eigenvalue weighted by molar-refractivity contribution is 0.0560. The molecule has 2 heteroatoms. The molecule has 120 valence electrons. The summed E-state index contributed by atoms with van der Waals surface area (Å²) in [4.78, 5) is 2.51. The van der Waals surface area contributed by atoms with Gasteiger partial charge in [-0.1, -0.05) is 59.3 Å². The summed E-state index contributed by atoms with van der Waals surface area (Å²) in [6.45, 7) is 9.29. The second-order valence-corrected chi connectivity index (χ2v) is 6.93. The van der Waals surface area contributed by atoms with Gasteiger partial charge >= 0.3 is 0 Å². The van der Waals surface area contributed by atoms with Gasteiger partial charge in [0.15, 0.2) is 0 Å². The molecular weight excluding hydrogens is 244 g/mol. The molecule has 1 aliphatic rings. The Balaban J connectivity index is 2.47. The van der Waals surface area contributed by atoms with Crippen LogP contribution in [0.3, 0.4) is 0 Å². The van der Waals surface area contributed by atoms with Gasteiger partial charge in [-0.25, -0.2) is 0 Å². The minimum Gasteiger partial charge on any atom is -0.316 e. The quantitative estimate of drug-likeness (QED) is 0.576. The van der Waals surface area contributed by atoms with Crippen molar-refractivity contribution in [3.05, 3.63) is 0 Å². The van der Waals surface area contributed by atoms with E-state index < -0.39 is 0 Å². The summed E-state index contributed by atoms with van der Waals surface area (Å²) in [7, 11) is 0. The summed E-state index contributed by atoms with van der Waals surface area (Å²) in [6, 6.07) is 0. The van der Waals surface area contributed by atoms with E-state index >= 15 is 0 Å². The van der Waals surface area contributed by atoms with Crippen molar-refractivity contribution in [3.63, 3.8) is 0 Å². The molecular formula is C18H38N2. The highest BCUT2D eigenvalue weighted by Crippen LogP contribution is 2.41. The van der Waals surface area contributed by atoms with Gasteiger partial charge in [0.25, 0.3) is 0 Å². The fourth-order valence-electron chi connectivity index (χ4n) is 3.71. The van der Waals surface area contributed by atoms with Gasteiger partial charge in [0, 0.05) is 13.1 Å². The molecule has 0 aliphatic carbocycles. The number of hydrogen-bond donors (Lipinski definition) is 1. The van der Waals surface area contributed by atoms with E-state index in [1.165, 1.54) is 77.3 Å². The summed E-state index contributed by atoms with van der Waals surface area (Å²) in [5.74, 6) is 0. The molecule has 0 radical (unpaired) electrons. The van der Waals surface area contributed by atoms with Crippen LogP contribution in [0.15, 0.2) is 0 Å². The normalized spacial score (nSPS) is 21.0. The van der Waals surface area contributed by atoms with E-state index in [-0.39, 0.29) is 0 Å². The van der Waals surface area contributed by atoms with Crippen LogP contribution >= 0.6 is 0 Å². The smallest absolute Gasteiger partial charge is 0.0569 e. The van der Waals surface area contributed by atoms with Crippen LogP contribution in [-0.4, -0.2) is 24.2 Å². The largest absolute Gasteiger partial charge is 0.316 e. The molecule has 1 saturated heterocycles. The Morgan fingerprint density at radius 3 is 1.80 bits per heavy atom. The number of rotatable bonds is 10. The predicted octanol–water partition coefficient (Wildman–Crippen LogP) is 4.92.